The molecular weight excluding hydrogens is 288 g/mol. The summed E-state index contributed by atoms with van der Waals surface area (Å²) in [6.45, 7) is 1.59. The van der Waals surface area contributed by atoms with Crippen LogP contribution in [0.3, 0.4) is 0 Å². The molecule has 0 aliphatic rings. The minimum absolute atomic E-state index is 0.241. The molecule has 0 bridgehead atoms. The van der Waals surface area contributed by atoms with Crippen molar-refractivity contribution in [2.75, 3.05) is 31.7 Å². The van der Waals surface area contributed by atoms with Crippen molar-refractivity contribution in [3.05, 3.63) is 21.2 Å². The number of rotatable bonds is 6. The van der Waals surface area contributed by atoms with Crippen LogP contribution in [0.15, 0.2) is 15.6 Å². The highest BCUT2D eigenvalue weighted by Crippen LogP contribution is 2.18. The molecule has 0 radical (unpaired) electrons. The summed E-state index contributed by atoms with van der Waals surface area (Å²) < 4.78 is 5.36. The van der Waals surface area contributed by atoms with Gasteiger partial charge in [0.1, 0.15) is 10.3 Å². The van der Waals surface area contributed by atoms with E-state index in [9.17, 15) is 4.79 Å². The molecule has 0 spiro atoms. The van der Waals surface area contributed by atoms with Gasteiger partial charge in [-0.2, -0.15) is 5.26 Å². The van der Waals surface area contributed by atoms with Gasteiger partial charge in [-0.25, -0.2) is 4.98 Å². The Morgan fingerprint density at radius 3 is 3.06 bits per heavy atom. The summed E-state index contributed by atoms with van der Waals surface area (Å²) in [5.74, 6) is 0.529. The molecule has 1 aromatic rings. The molecule has 0 fully saturated rings. The molecule has 0 amide bonds. The van der Waals surface area contributed by atoms with Crippen molar-refractivity contribution in [2.24, 2.45) is 0 Å². The summed E-state index contributed by atoms with van der Waals surface area (Å²) in [7, 11) is 1.60. The lowest BCUT2D eigenvalue weighted by Crippen LogP contribution is -2.30. The number of halogens is 1. The van der Waals surface area contributed by atoms with Gasteiger partial charge in [0.15, 0.2) is 0 Å². The largest absolute Gasteiger partial charge is 0.383 e. The molecule has 1 rings (SSSR count). The van der Waals surface area contributed by atoms with Gasteiger partial charge in [-0.1, -0.05) is 0 Å². The van der Waals surface area contributed by atoms with Crippen LogP contribution in [0.5, 0.6) is 0 Å². The Kier molecular flexibility index (Phi) is 5.66. The van der Waals surface area contributed by atoms with Gasteiger partial charge in [0, 0.05) is 20.2 Å². The lowest BCUT2D eigenvalue weighted by Gasteiger charge is -2.22. The van der Waals surface area contributed by atoms with E-state index in [1.165, 1.54) is 6.33 Å². The predicted molar refractivity (Wildman–Crippen MR) is 66.9 cm³/mol. The first-order valence-corrected chi connectivity index (χ1v) is 5.84. The molecule has 6 nitrogen and oxygen atoms in total. The molecule has 0 unspecified atom stereocenters. The summed E-state index contributed by atoms with van der Waals surface area (Å²) in [6, 6.07) is 2.07. The highest BCUT2D eigenvalue weighted by Gasteiger charge is 2.13. The molecular formula is C10H13BrN4O2. The van der Waals surface area contributed by atoms with Gasteiger partial charge in [0.05, 0.1) is 25.4 Å². The van der Waals surface area contributed by atoms with E-state index in [-0.39, 0.29) is 5.56 Å². The summed E-state index contributed by atoms with van der Waals surface area (Å²) >= 11 is 3.19. The molecule has 1 aromatic heterocycles. The number of methoxy groups -OCH3 is 1. The minimum atomic E-state index is -0.241. The van der Waals surface area contributed by atoms with E-state index in [4.69, 9.17) is 10.00 Å². The first-order valence-electron chi connectivity index (χ1n) is 5.04. The SMILES string of the molecule is COCCN(CCC#N)c1nc[nH]c(=O)c1Br. The van der Waals surface area contributed by atoms with Crippen LogP contribution in [0.1, 0.15) is 6.42 Å². The van der Waals surface area contributed by atoms with Crippen LogP contribution in [-0.4, -0.2) is 36.8 Å². The van der Waals surface area contributed by atoms with E-state index in [1.807, 2.05) is 4.90 Å². The van der Waals surface area contributed by atoms with Crippen molar-refractivity contribution in [2.45, 2.75) is 6.42 Å². The van der Waals surface area contributed by atoms with E-state index < -0.39 is 0 Å². The third-order valence-electron chi connectivity index (χ3n) is 2.14. The fourth-order valence-electron chi connectivity index (χ4n) is 1.30. The highest BCUT2D eigenvalue weighted by atomic mass is 79.9. The number of H-pyrrole nitrogens is 1. The maximum absolute atomic E-state index is 11.4. The quantitative estimate of drug-likeness (QED) is 0.844. The molecule has 17 heavy (non-hydrogen) atoms. The molecule has 0 aliphatic heterocycles. The molecule has 92 valence electrons. The van der Waals surface area contributed by atoms with Crippen LogP contribution in [0.2, 0.25) is 0 Å². The predicted octanol–water partition coefficient (Wildman–Crippen LogP) is 0.899. The second kappa shape index (κ2) is 7.04. The van der Waals surface area contributed by atoms with Crippen molar-refractivity contribution in [1.82, 2.24) is 9.97 Å². The van der Waals surface area contributed by atoms with Gasteiger partial charge in [0.25, 0.3) is 5.56 Å². The second-order valence-corrected chi connectivity index (χ2v) is 4.05. The van der Waals surface area contributed by atoms with Gasteiger partial charge in [-0.05, 0) is 15.9 Å². The number of nitriles is 1. The van der Waals surface area contributed by atoms with Crippen molar-refractivity contribution < 1.29 is 4.74 Å². The average Bonchev–Trinajstić information content (AvgIpc) is 2.34. The Morgan fingerprint density at radius 1 is 1.65 bits per heavy atom. The Labute approximate surface area is 107 Å². The Morgan fingerprint density at radius 2 is 2.41 bits per heavy atom. The third kappa shape index (κ3) is 3.84. The first kappa shape index (κ1) is 13.7. The fourth-order valence-corrected chi connectivity index (χ4v) is 1.77. The monoisotopic (exact) mass is 300 g/mol. The number of aromatic nitrogens is 2. The van der Waals surface area contributed by atoms with Crippen LogP contribution in [0, 0.1) is 11.3 Å². The third-order valence-corrected chi connectivity index (χ3v) is 2.85. The van der Waals surface area contributed by atoms with E-state index in [0.717, 1.165) is 0 Å². The minimum Gasteiger partial charge on any atom is -0.383 e. The molecule has 1 N–H and O–H groups in total. The normalized spacial score (nSPS) is 9.94. The van der Waals surface area contributed by atoms with Crippen LogP contribution in [0.25, 0.3) is 0 Å². The van der Waals surface area contributed by atoms with E-state index in [0.29, 0.717) is 36.4 Å². The van der Waals surface area contributed by atoms with Crippen molar-refractivity contribution in [3.8, 4) is 6.07 Å². The van der Waals surface area contributed by atoms with Crippen LogP contribution in [0.4, 0.5) is 5.82 Å². The van der Waals surface area contributed by atoms with E-state index in [2.05, 4.69) is 32.0 Å². The summed E-state index contributed by atoms with van der Waals surface area (Å²) in [4.78, 5) is 19.8. The van der Waals surface area contributed by atoms with Crippen molar-refractivity contribution in [1.29, 1.82) is 5.26 Å². The standard InChI is InChI=1S/C10H13BrN4O2/c1-17-6-5-15(4-2-3-12)9-8(11)10(16)14-7-13-9/h7H,2,4-6H2,1H3,(H,13,14,16). The van der Waals surface area contributed by atoms with Gasteiger partial charge in [-0.15, -0.1) is 0 Å². The number of nitrogens with zero attached hydrogens (tertiary/aromatic N) is 3. The van der Waals surface area contributed by atoms with E-state index >= 15 is 0 Å². The van der Waals surface area contributed by atoms with Gasteiger partial charge in [-0.3, -0.25) is 4.79 Å². The van der Waals surface area contributed by atoms with Crippen molar-refractivity contribution in [3.63, 3.8) is 0 Å². The van der Waals surface area contributed by atoms with Gasteiger partial charge in [0.2, 0.25) is 0 Å². The molecule has 0 aliphatic carbocycles. The van der Waals surface area contributed by atoms with E-state index in [1.54, 1.807) is 7.11 Å². The zero-order valence-electron chi connectivity index (χ0n) is 9.44. The Bertz CT molecular complexity index is 454. The zero-order valence-corrected chi connectivity index (χ0v) is 11.0. The Hall–Kier alpha value is -1.39. The van der Waals surface area contributed by atoms with Crippen LogP contribution < -0.4 is 10.5 Å². The Balaban J connectivity index is 2.91. The summed E-state index contributed by atoms with van der Waals surface area (Å²) in [5, 5.41) is 8.60. The first-order chi connectivity index (χ1) is 8.20. The number of hydrogen-bond acceptors (Lipinski definition) is 5. The van der Waals surface area contributed by atoms with Crippen LogP contribution in [-0.2, 0) is 4.74 Å². The molecule has 0 saturated carbocycles. The van der Waals surface area contributed by atoms with Gasteiger partial charge >= 0.3 is 0 Å². The number of anilines is 1. The molecule has 0 atom stereocenters. The number of aromatic amines is 1. The zero-order chi connectivity index (χ0) is 12.7. The fraction of sp³-hybridized carbons (Fsp3) is 0.500. The second-order valence-electron chi connectivity index (χ2n) is 3.26. The molecule has 7 heteroatoms. The maximum Gasteiger partial charge on any atom is 0.267 e. The molecule has 0 saturated heterocycles. The number of hydrogen-bond donors (Lipinski definition) is 1. The molecule has 0 aromatic carbocycles. The topological polar surface area (TPSA) is 82.0 Å². The lowest BCUT2D eigenvalue weighted by molar-refractivity contribution is 0.205. The lowest BCUT2D eigenvalue weighted by atomic mass is 10.4. The number of nitrogens with one attached hydrogen (secondary N) is 1. The van der Waals surface area contributed by atoms with Crippen molar-refractivity contribution >= 4 is 21.7 Å². The maximum atomic E-state index is 11.4. The van der Waals surface area contributed by atoms with Gasteiger partial charge < -0.3 is 14.6 Å². The number of ether oxygens (including phenoxy) is 1. The highest BCUT2D eigenvalue weighted by molar-refractivity contribution is 9.10. The molecule has 1 heterocycles. The van der Waals surface area contributed by atoms with Crippen LogP contribution >= 0.6 is 15.9 Å². The summed E-state index contributed by atoms with van der Waals surface area (Å²) in [6.07, 6.45) is 1.71. The summed E-state index contributed by atoms with van der Waals surface area (Å²) in [5.41, 5.74) is -0.241. The average molecular weight is 301 g/mol. The smallest absolute Gasteiger partial charge is 0.267 e.